The van der Waals surface area contributed by atoms with E-state index in [0.717, 1.165) is 11.1 Å². The Morgan fingerprint density at radius 1 is 1.10 bits per heavy atom. The molecule has 0 spiro atoms. The lowest BCUT2D eigenvalue weighted by molar-refractivity contribution is 0.398. The second kappa shape index (κ2) is 7.64. The largest absolute Gasteiger partial charge is 0.481 e. The predicted molar refractivity (Wildman–Crippen MR) is 109 cm³/mol. The number of benzene rings is 1. The zero-order chi connectivity index (χ0) is 21.3. The topological polar surface area (TPSA) is 85.7 Å². The summed E-state index contributed by atoms with van der Waals surface area (Å²) in [5.41, 5.74) is 2.92. The first-order chi connectivity index (χ1) is 14.5. The molecule has 1 aromatic carbocycles. The van der Waals surface area contributed by atoms with E-state index in [4.69, 9.17) is 4.74 Å². The van der Waals surface area contributed by atoms with Crippen LogP contribution in [0.25, 0.3) is 27.9 Å². The van der Waals surface area contributed by atoms with E-state index in [9.17, 15) is 14.4 Å². The van der Waals surface area contributed by atoms with Crippen LogP contribution in [0.3, 0.4) is 0 Å². The van der Waals surface area contributed by atoms with E-state index in [1.54, 1.807) is 44.0 Å². The second-order valence-electron chi connectivity index (χ2n) is 6.56. The lowest BCUT2D eigenvalue weighted by Gasteiger charge is -2.10. The molecule has 30 heavy (non-hydrogen) atoms. The van der Waals surface area contributed by atoms with E-state index in [1.165, 1.54) is 34.6 Å². The molecule has 4 rings (SSSR count). The molecule has 0 saturated heterocycles. The number of rotatable bonds is 4. The normalized spacial score (nSPS) is 10.6. The lowest BCUT2D eigenvalue weighted by atomic mass is 9.99. The number of nitriles is 1. The fourth-order valence-electron chi connectivity index (χ4n) is 3.17. The minimum atomic E-state index is -0.612. The third-order valence-electron chi connectivity index (χ3n) is 4.73. The second-order valence-corrected chi connectivity index (χ2v) is 6.56. The number of halogens is 1. The summed E-state index contributed by atoms with van der Waals surface area (Å²) in [6, 6.07) is 11.3. The van der Waals surface area contributed by atoms with Gasteiger partial charge in [0, 0.05) is 54.5 Å². The smallest absolute Gasteiger partial charge is 0.250 e. The van der Waals surface area contributed by atoms with Crippen LogP contribution >= 0.6 is 0 Å². The van der Waals surface area contributed by atoms with Crippen LogP contribution in [0.4, 0.5) is 4.39 Å². The molecule has 148 valence electrons. The third-order valence-corrected chi connectivity index (χ3v) is 4.73. The minimum Gasteiger partial charge on any atom is -0.481 e. The fourth-order valence-corrected chi connectivity index (χ4v) is 3.17. The summed E-state index contributed by atoms with van der Waals surface area (Å²) >= 11 is 0. The molecular weight excluding hydrogens is 385 g/mol. The quantitative estimate of drug-likeness (QED) is 0.524. The van der Waals surface area contributed by atoms with E-state index in [-0.39, 0.29) is 11.1 Å². The standard InChI is InChI=1S/C22H16FN5O2/c1-27-13-18(16(8-22(27)29)14-6-7-21(30-2)25-10-14)15-11-26-28(12-15)20-5-3-4-19(23)17(20)9-24/h3-8,10-13H,1-2H3. The first kappa shape index (κ1) is 19.1. The zero-order valence-electron chi connectivity index (χ0n) is 16.2. The summed E-state index contributed by atoms with van der Waals surface area (Å²) in [5.74, 6) is -0.147. The Hall–Kier alpha value is -4.25. The molecule has 0 atom stereocenters. The van der Waals surface area contributed by atoms with Crippen LogP contribution in [-0.2, 0) is 7.05 Å². The van der Waals surface area contributed by atoms with Crippen LogP contribution in [0.15, 0.2) is 66.0 Å². The van der Waals surface area contributed by atoms with Gasteiger partial charge in [-0.15, -0.1) is 0 Å². The highest BCUT2D eigenvalue weighted by molar-refractivity contribution is 5.82. The predicted octanol–water partition coefficient (Wildman–Crippen LogP) is 3.32. The summed E-state index contributed by atoms with van der Waals surface area (Å²) in [7, 11) is 3.19. The first-order valence-electron chi connectivity index (χ1n) is 8.97. The van der Waals surface area contributed by atoms with Gasteiger partial charge in [-0.3, -0.25) is 4.79 Å². The average molecular weight is 401 g/mol. The molecule has 0 bridgehead atoms. The SMILES string of the molecule is COc1ccc(-c2cc(=O)n(C)cc2-c2cnn(-c3cccc(F)c3C#N)c2)cn1. The van der Waals surface area contributed by atoms with E-state index in [1.807, 2.05) is 12.1 Å². The maximum absolute atomic E-state index is 14.0. The molecule has 8 heteroatoms. The molecule has 0 radical (unpaired) electrons. The Balaban J connectivity index is 1.86. The molecule has 3 aromatic heterocycles. The van der Waals surface area contributed by atoms with Crippen molar-refractivity contribution in [1.29, 1.82) is 5.26 Å². The van der Waals surface area contributed by atoms with Crippen molar-refractivity contribution in [2.24, 2.45) is 7.05 Å². The van der Waals surface area contributed by atoms with Gasteiger partial charge in [-0.2, -0.15) is 10.4 Å². The summed E-state index contributed by atoms with van der Waals surface area (Å²) in [6.07, 6.45) is 6.63. The van der Waals surface area contributed by atoms with Gasteiger partial charge in [-0.25, -0.2) is 14.1 Å². The van der Waals surface area contributed by atoms with Crippen LogP contribution < -0.4 is 10.3 Å². The van der Waals surface area contributed by atoms with Crippen molar-refractivity contribution in [2.45, 2.75) is 0 Å². The van der Waals surface area contributed by atoms with Gasteiger partial charge in [0.1, 0.15) is 17.4 Å². The van der Waals surface area contributed by atoms with Crippen LogP contribution in [0.2, 0.25) is 0 Å². The highest BCUT2D eigenvalue weighted by atomic mass is 19.1. The van der Waals surface area contributed by atoms with Crippen LogP contribution in [0.1, 0.15) is 5.56 Å². The number of aromatic nitrogens is 4. The molecule has 0 fully saturated rings. The van der Waals surface area contributed by atoms with Crippen LogP contribution in [-0.4, -0.2) is 26.4 Å². The van der Waals surface area contributed by atoms with Gasteiger partial charge in [-0.1, -0.05) is 6.07 Å². The molecule has 0 amide bonds. The van der Waals surface area contributed by atoms with Gasteiger partial charge in [-0.05, 0) is 23.8 Å². The Kier molecular flexibility index (Phi) is 4.86. The zero-order valence-corrected chi connectivity index (χ0v) is 16.2. The Bertz CT molecular complexity index is 1330. The lowest BCUT2D eigenvalue weighted by Crippen LogP contribution is -2.15. The Labute approximate surface area is 171 Å². The third kappa shape index (κ3) is 3.33. The maximum atomic E-state index is 14.0. The van der Waals surface area contributed by atoms with Crippen molar-refractivity contribution in [1.82, 2.24) is 19.3 Å². The maximum Gasteiger partial charge on any atom is 0.250 e. The molecule has 0 aliphatic carbocycles. The molecule has 0 aliphatic heterocycles. The van der Waals surface area contributed by atoms with Crippen molar-refractivity contribution < 1.29 is 9.13 Å². The average Bonchev–Trinajstić information content (AvgIpc) is 3.25. The van der Waals surface area contributed by atoms with Crippen molar-refractivity contribution >= 4 is 0 Å². The number of methoxy groups -OCH3 is 1. The van der Waals surface area contributed by atoms with Crippen LogP contribution in [0, 0.1) is 17.1 Å². The number of aryl methyl sites for hydroxylation is 1. The summed E-state index contributed by atoms with van der Waals surface area (Å²) < 4.78 is 22.0. The van der Waals surface area contributed by atoms with E-state index < -0.39 is 5.82 Å². The van der Waals surface area contributed by atoms with E-state index >= 15 is 0 Å². The van der Waals surface area contributed by atoms with Crippen molar-refractivity contribution in [3.8, 4) is 39.9 Å². The van der Waals surface area contributed by atoms with Gasteiger partial charge in [0.2, 0.25) is 5.88 Å². The van der Waals surface area contributed by atoms with Gasteiger partial charge in [0.25, 0.3) is 5.56 Å². The van der Waals surface area contributed by atoms with Crippen molar-refractivity contribution in [2.75, 3.05) is 7.11 Å². The van der Waals surface area contributed by atoms with Crippen LogP contribution in [0.5, 0.6) is 5.88 Å². The summed E-state index contributed by atoms with van der Waals surface area (Å²) in [4.78, 5) is 16.5. The van der Waals surface area contributed by atoms with Gasteiger partial charge in [0.05, 0.1) is 19.0 Å². The highest BCUT2D eigenvalue weighted by Crippen LogP contribution is 2.31. The summed E-state index contributed by atoms with van der Waals surface area (Å²) in [6.45, 7) is 0. The number of hydrogen-bond acceptors (Lipinski definition) is 5. The first-order valence-corrected chi connectivity index (χ1v) is 8.97. The van der Waals surface area contributed by atoms with Gasteiger partial charge < -0.3 is 9.30 Å². The molecule has 7 nitrogen and oxygen atoms in total. The van der Waals surface area contributed by atoms with E-state index in [0.29, 0.717) is 22.7 Å². The molecule has 0 aliphatic rings. The number of pyridine rings is 2. The highest BCUT2D eigenvalue weighted by Gasteiger charge is 2.15. The monoisotopic (exact) mass is 401 g/mol. The number of ether oxygens (including phenoxy) is 1. The minimum absolute atomic E-state index is 0.0906. The molecule has 3 heterocycles. The Morgan fingerprint density at radius 3 is 2.63 bits per heavy atom. The summed E-state index contributed by atoms with van der Waals surface area (Å²) in [5, 5.41) is 13.6. The molecular formula is C22H16FN5O2. The number of hydrogen-bond donors (Lipinski definition) is 0. The van der Waals surface area contributed by atoms with E-state index in [2.05, 4.69) is 10.1 Å². The van der Waals surface area contributed by atoms with Gasteiger partial charge >= 0.3 is 0 Å². The number of nitrogens with zero attached hydrogens (tertiary/aromatic N) is 5. The Morgan fingerprint density at radius 2 is 1.93 bits per heavy atom. The fraction of sp³-hybridized carbons (Fsp3) is 0.0909. The molecule has 0 saturated carbocycles. The molecule has 4 aromatic rings. The molecule has 0 unspecified atom stereocenters. The van der Waals surface area contributed by atoms with Crippen molar-refractivity contribution in [3.05, 3.63) is 82.9 Å². The van der Waals surface area contributed by atoms with Gasteiger partial charge in [0.15, 0.2) is 0 Å². The van der Waals surface area contributed by atoms with Crippen molar-refractivity contribution in [3.63, 3.8) is 0 Å². The molecule has 0 N–H and O–H groups in total.